The Morgan fingerprint density at radius 1 is 0.875 bits per heavy atom. The van der Waals surface area contributed by atoms with Crippen molar-refractivity contribution in [3.63, 3.8) is 0 Å². The Balaban J connectivity index is 1.60. The van der Waals surface area contributed by atoms with Gasteiger partial charge in [0.2, 0.25) is 0 Å². The summed E-state index contributed by atoms with van der Waals surface area (Å²) in [5, 5.41) is 0. The molecule has 0 saturated carbocycles. The van der Waals surface area contributed by atoms with Crippen LogP contribution >= 0.6 is 0 Å². The maximum absolute atomic E-state index is 12.9. The lowest BCUT2D eigenvalue weighted by molar-refractivity contribution is 0.0734. The minimum atomic E-state index is 0.0507. The first-order valence-corrected chi connectivity index (χ1v) is 8.18. The van der Waals surface area contributed by atoms with Crippen molar-refractivity contribution in [3.05, 3.63) is 89.7 Å². The van der Waals surface area contributed by atoms with E-state index in [1.807, 2.05) is 47.4 Å². The number of nitrogens with zero attached hydrogens (tertiary/aromatic N) is 2. The van der Waals surface area contributed by atoms with E-state index in [0.29, 0.717) is 12.1 Å². The molecule has 2 aromatic carbocycles. The number of rotatable bonds is 2. The highest BCUT2D eigenvalue weighted by atomic mass is 16.2. The van der Waals surface area contributed by atoms with E-state index in [0.717, 1.165) is 24.1 Å². The second-order valence-electron chi connectivity index (χ2n) is 6.07. The third-order valence-electron chi connectivity index (χ3n) is 4.51. The summed E-state index contributed by atoms with van der Waals surface area (Å²) in [4.78, 5) is 19.1. The lowest BCUT2D eigenvalue weighted by Crippen LogP contribution is -2.36. The molecule has 118 valence electrons. The number of amides is 1. The number of pyridine rings is 1. The molecule has 0 spiro atoms. The minimum absolute atomic E-state index is 0.0507. The zero-order chi connectivity index (χ0) is 16.4. The van der Waals surface area contributed by atoms with Gasteiger partial charge in [-0.1, -0.05) is 54.6 Å². The van der Waals surface area contributed by atoms with Gasteiger partial charge in [-0.25, -0.2) is 0 Å². The van der Waals surface area contributed by atoms with Crippen LogP contribution in [0.4, 0.5) is 0 Å². The van der Waals surface area contributed by atoms with Crippen LogP contribution in [0.5, 0.6) is 0 Å². The molecule has 0 radical (unpaired) electrons. The summed E-state index contributed by atoms with van der Waals surface area (Å²) in [5.41, 5.74) is 5.28. The Kier molecular flexibility index (Phi) is 3.83. The van der Waals surface area contributed by atoms with Crippen LogP contribution in [0.3, 0.4) is 0 Å². The topological polar surface area (TPSA) is 33.2 Å². The number of carbonyl (C=O) groups is 1. The largest absolute Gasteiger partial charge is 0.334 e. The van der Waals surface area contributed by atoms with Crippen molar-refractivity contribution in [2.24, 2.45) is 0 Å². The standard InChI is InChI=1S/C21H18N2O/c24-21(23-11-10-17-8-4-5-9-18(17)15-23)20-12-19(13-22-14-20)16-6-2-1-3-7-16/h1-9,12-14H,10-11,15H2. The highest BCUT2D eigenvalue weighted by molar-refractivity contribution is 5.95. The molecule has 1 aliphatic rings. The smallest absolute Gasteiger partial charge is 0.255 e. The summed E-state index contributed by atoms with van der Waals surface area (Å²) in [5.74, 6) is 0.0507. The fourth-order valence-corrected chi connectivity index (χ4v) is 3.20. The zero-order valence-electron chi connectivity index (χ0n) is 13.4. The highest BCUT2D eigenvalue weighted by Crippen LogP contribution is 2.23. The molecule has 0 unspecified atom stereocenters. The van der Waals surface area contributed by atoms with Crippen LogP contribution in [-0.4, -0.2) is 22.3 Å². The van der Waals surface area contributed by atoms with Crippen LogP contribution in [0.15, 0.2) is 73.1 Å². The average Bonchev–Trinajstić information content (AvgIpc) is 2.68. The number of carbonyl (C=O) groups excluding carboxylic acids is 1. The molecule has 1 aromatic heterocycles. The quantitative estimate of drug-likeness (QED) is 0.717. The van der Waals surface area contributed by atoms with Gasteiger partial charge in [0, 0.05) is 31.0 Å². The third-order valence-corrected chi connectivity index (χ3v) is 4.51. The zero-order valence-corrected chi connectivity index (χ0v) is 13.4. The number of benzene rings is 2. The molecule has 0 N–H and O–H groups in total. The van der Waals surface area contributed by atoms with Crippen molar-refractivity contribution in [1.82, 2.24) is 9.88 Å². The molecule has 3 aromatic rings. The van der Waals surface area contributed by atoms with E-state index < -0.39 is 0 Å². The van der Waals surface area contributed by atoms with E-state index in [1.54, 1.807) is 12.4 Å². The molecule has 0 fully saturated rings. The van der Waals surface area contributed by atoms with Gasteiger partial charge in [-0.2, -0.15) is 0 Å². The Hall–Kier alpha value is -2.94. The lowest BCUT2D eigenvalue weighted by atomic mass is 9.99. The molecule has 0 bridgehead atoms. The first-order valence-electron chi connectivity index (χ1n) is 8.18. The number of aromatic nitrogens is 1. The van der Waals surface area contributed by atoms with Gasteiger partial charge in [0.1, 0.15) is 0 Å². The summed E-state index contributed by atoms with van der Waals surface area (Å²) < 4.78 is 0. The summed E-state index contributed by atoms with van der Waals surface area (Å²) in [6, 6.07) is 20.3. The first-order chi connectivity index (χ1) is 11.8. The summed E-state index contributed by atoms with van der Waals surface area (Å²) >= 11 is 0. The predicted octanol–water partition coefficient (Wildman–Crippen LogP) is 3.95. The molecule has 4 rings (SSSR count). The van der Waals surface area contributed by atoms with Gasteiger partial charge in [0.05, 0.1) is 5.56 Å². The van der Waals surface area contributed by atoms with Crippen molar-refractivity contribution in [1.29, 1.82) is 0 Å². The van der Waals surface area contributed by atoms with E-state index in [9.17, 15) is 4.79 Å². The maximum Gasteiger partial charge on any atom is 0.255 e. The monoisotopic (exact) mass is 314 g/mol. The molecule has 3 heteroatoms. The van der Waals surface area contributed by atoms with Crippen LogP contribution in [0.2, 0.25) is 0 Å². The van der Waals surface area contributed by atoms with Crippen molar-refractivity contribution in [3.8, 4) is 11.1 Å². The van der Waals surface area contributed by atoms with Crippen molar-refractivity contribution in [2.75, 3.05) is 6.54 Å². The predicted molar refractivity (Wildman–Crippen MR) is 94.6 cm³/mol. The van der Waals surface area contributed by atoms with Gasteiger partial charge < -0.3 is 4.90 Å². The molecule has 0 aliphatic carbocycles. The Bertz CT molecular complexity index is 874. The first kappa shape index (κ1) is 14.6. The van der Waals surface area contributed by atoms with Gasteiger partial charge in [-0.3, -0.25) is 9.78 Å². The maximum atomic E-state index is 12.9. The van der Waals surface area contributed by atoms with E-state index in [4.69, 9.17) is 0 Å². The van der Waals surface area contributed by atoms with Gasteiger partial charge in [0.15, 0.2) is 0 Å². The van der Waals surface area contributed by atoms with E-state index >= 15 is 0 Å². The fourth-order valence-electron chi connectivity index (χ4n) is 3.20. The second-order valence-corrected chi connectivity index (χ2v) is 6.07. The molecule has 0 atom stereocenters. The molecule has 1 amide bonds. The number of hydrogen-bond acceptors (Lipinski definition) is 2. The van der Waals surface area contributed by atoms with E-state index in [1.165, 1.54) is 11.1 Å². The molecule has 2 heterocycles. The molecule has 3 nitrogen and oxygen atoms in total. The van der Waals surface area contributed by atoms with Gasteiger partial charge in [-0.15, -0.1) is 0 Å². The Labute approximate surface area is 141 Å². The van der Waals surface area contributed by atoms with Gasteiger partial charge >= 0.3 is 0 Å². The average molecular weight is 314 g/mol. The molecular formula is C21H18N2O. The number of fused-ring (bicyclic) bond motifs is 1. The van der Waals surface area contributed by atoms with E-state index in [2.05, 4.69) is 23.2 Å². The minimum Gasteiger partial charge on any atom is -0.334 e. The molecule has 24 heavy (non-hydrogen) atoms. The van der Waals surface area contributed by atoms with Crippen LogP contribution in [0.1, 0.15) is 21.5 Å². The Morgan fingerprint density at radius 2 is 1.62 bits per heavy atom. The van der Waals surface area contributed by atoms with E-state index in [-0.39, 0.29) is 5.91 Å². The Morgan fingerprint density at radius 3 is 2.46 bits per heavy atom. The molecular weight excluding hydrogens is 296 g/mol. The summed E-state index contributed by atoms with van der Waals surface area (Å²) in [7, 11) is 0. The van der Waals surface area contributed by atoms with Crippen LogP contribution in [-0.2, 0) is 13.0 Å². The van der Waals surface area contributed by atoms with Gasteiger partial charge in [-0.05, 0) is 29.2 Å². The molecule has 0 saturated heterocycles. The fraction of sp³-hybridized carbons (Fsp3) is 0.143. The van der Waals surface area contributed by atoms with Crippen molar-refractivity contribution >= 4 is 5.91 Å². The highest BCUT2D eigenvalue weighted by Gasteiger charge is 2.21. The van der Waals surface area contributed by atoms with Crippen LogP contribution < -0.4 is 0 Å². The van der Waals surface area contributed by atoms with Crippen molar-refractivity contribution < 1.29 is 4.79 Å². The summed E-state index contributed by atoms with van der Waals surface area (Å²) in [6.07, 6.45) is 4.38. The van der Waals surface area contributed by atoms with Crippen molar-refractivity contribution in [2.45, 2.75) is 13.0 Å². The summed E-state index contributed by atoms with van der Waals surface area (Å²) in [6.45, 7) is 1.43. The normalized spacial score (nSPS) is 13.4. The molecule has 1 aliphatic heterocycles. The SMILES string of the molecule is O=C(c1cncc(-c2ccccc2)c1)N1CCc2ccccc2C1. The van der Waals surface area contributed by atoms with Crippen LogP contribution in [0.25, 0.3) is 11.1 Å². The second kappa shape index (κ2) is 6.28. The van der Waals surface area contributed by atoms with Crippen LogP contribution in [0, 0.1) is 0 Å². The number of hydrogen-bond donors (Lipinski definition) is 0. The van der Waals surface area contributed by atoms with Gasteiger partial charge in [0.25, 0.3) is 5.91 Å². The third kappa shape index (κ3) is 2.81. The lowest BCUT2D eigenvalue weighted by Gasteiger charge is -2.29.